The molecule has 1 rings (SSSR count). The van der Waals surface area contributed by atoms with E-state index in [1.807, 2.05) is 12.4 Å². The highest BCUT2D eigenvalue weighted by Crippen LogP contribution is 2.39. The molecule has 2 nitrogen and oxygen atoms in total. The van der Waals surface area contributed by atoms with Crippen molar-refractivity contribution in [2.24, 2.45) is 26.2 Å². The predicted molar refractivity (Wildman–Crippen MR) is 72.1 cm³/mol. The molecular weight excluding hydrogens is 196 g/mol. The van der Waals surface area contributed by atoms with E-state index in [1.165, 1.54) is 0 Å². The number of nitrogens with zero attached hydrogens (tertiary/aromatic N) is 2. The van der Waals surface area contributed by atoms with E-state index >= 15 is 0 Å². The van der Waals surface area contributed by atoms with E-state index in [0.29, 0.717) is 0 Å². The molecule has 1 aliphatic heterocycles. The molecule has 90 valence electrons. The van der Waals surface area contributed by atoms with Gasteiger partial charge in [0.25, 0.3) is 0 Å². The number of aliphatic imine (C=N–C) groups is 2. The van der Waals surface area contributed by atoms with Crippen molar-refractivity contribution in [3.05, 3.63) is 12.3 Å². The minimum Gasteiger partial charge on any atom is -0.244 e. The standard InChI is InChI=1S/C14H24N2/c1-12(2,3)11-15-9-8-14(7,10-16-11)13(4,5)6/h8-10H,1-7H3. The van der Waals surface area contributed by atoms with Gasteiger partial charge >= 0.3 is 0 Å². The second kappa shape index (κ2) is 3.83. The molecule has 0 bridgehead atoms. The van der Waals surface area contributed by atoms with E-state index < -0.39 is 0 Å². The molecule has 1 atom stereocenters. The molecule has 16 heavy (non-hydrogen) atoms. The van der Waals surface area contributed by atoms with Gasteiger partial charge in [-0.1, -0.05) is 54.5 Å². The molecule has 1 aliphatic rings. The highest BCUT2D eigenvalue weighted by Gasteiger charge is 2.35. The van der Waals surface area contributed by atoms with Gasteiger partial charge in [-0.05, 0) is 5.41 Å². The van der Waals surface area contributed by atoms with E-state index in [2.05, 4.69) is 64.5 Å². The molecule has 0 amide bonds. The molecule has 2 heteroatoms. The Bertz CT molecular complexity index is 348. The summed E-state index contributed by atoms with van der Waals surface area (Å²) in [5.74, 6) is 0.900. The number of hydrogen-bond donors (Lipinski definition) is 0. The largest absolute Gasteiger partial charge is 0.244 e. The summed E-state index contributed by atoms with van der Waals surface area (Å²) in [7, 11) is 0. The Hall–Kier alpha value is -0.920. The average molecular weight is 220 g/mol. The van der Waals surface area contributed by atoms with Crippen molar-refractivity contribution in [3.63, 3.8) is 0 Å². The number of allylic oxidation sites excluding steroid dienone is 1. The minimum absolute atomic E-state index is 0.00394. The van der Waals surface area contributed by atoms with Crippen LogP contribution >= 0.6 is 0 Å². The Labute approximate surface area is 99.6 Å². The van der Waals surface area contributed by atoms with Crippen LogP contribution in [0.2, 0.25) is 0 Å². The molecular formula is C14H24N2. The second-order valence-electron chi connectivity index (χ2n) is 6.81. The van der Waals surface area contributed by atoms with Crippen LogP contribution in [0.1, 0.15) is 48.5 Å². The summed E-state index contributed by atoms with van der Waals surface area (Å²) < 4.78 is 0. The first-order valence-corrected chi connectivity index (χ1v) is 5.87. The van der Waals surface area contributed by atoms with Gasteiger partial charge < -0.3 is 0 Å². The van der Waals surface area contributed by atoms with E-state index in [0.717, 1.165) is 5.84 Å². The summed E-state index contributed by atoms with van der Waals surface area (Å²) in [6.07, 6.45) is 6.09. The summed E-state index contributed by atoms with van der Waals surface area (Å²) in [6.45, 7) is 15.3. The Kier molecular flexibility index (Phi) is 3.15. The highest BCUT2D eigenvalue weighted by molar-refractivity contribution is 5.95. The molecule has 0 spiro atoms. The van der Waals surface area contributed by atoms with Gasteiger partial charge in [-0.2, -0.15) is 0 Å². The molecule has 0 aliphatic carbocycles. The minimum atomic E-state index is -0.0382. The van der Waals surface area contributed by atoms with Crippen LogP contribution in [0.4, 0.5) is 0 Å². The van der Waals surface area contributed by atoms with Gasteiger partial charge in [-0.25, -0.2) is 9.98 Å². The van der Waals surface area contributed by atoms with Crippen LogP contribution in [-0.4, -0.2) is 12.1 Å². The highest BCUT2D eigenvalue weighted by atomic mass is 14.9. The van der Waals surface area contributed by atoms with Crippen molar-refractivity contribution in [1.29, 1.82) is 0 Å². The van der Waals surface area contributed by atoms with Gasteiger partial charge in [0.2, 0.25) is 0 Å². The molecule has 0 aromatic carbocycles. The predicted octanol–water partition coefficient (Wildman–Crippen LogP) is 4.08. The van der Waals surface area contributed by atoms with Crippen LogP contribution in [0.3, 0.4) is 0 Å². The molecule has 0 saturated carbocycles. The molecule has 1 unspecified atom stereocenters. The monoisotopic (exact) mass is 220 g/mol. The van der Waals surface area contributed by atoms with Crippen LogP contribution in [0.5, 0.6) is 0 Å². The van der Waals surface area contributed by atoms with Crippen LogP contribution in [-0.2, 0) is 0 Å². The molecule has 0 N–H and O–H groups in total. The number of hydrogen-bond acceptors (Lipinski definition) is 2. The fraction of sp³-hybridized carbons (Fsp3) is 0.714. The lowest BCUT2D eigenvalue weighted by Gasteiger charge is -2.35. The van der Waals surface area contributed by atoms with Gasteiger partial charge in [0.1, 0.15) is 5.84 Å². The molecule has 0 aromatic heterocycles. The zero-order chi connectivity index (χ0) is 12.6. The van der Waals surface area contributed by atoms with E-state index in [9.17, 15) is 0 Å². The lowest BCUT2D eigenvalue weighted by Crippen LogP contribution is -2.32. The van der Waals surface area contributed by atoms with E-state index in [4.69, 9.17) is 0 Å². The summed E-state index contributed by atoms with van der Waals surface area (Å²) in [4.78, 5) is 9.02. The molecule has 0 saturated heterocycles. The van der Waals surface area contributed by atoms with Gasteiger partial charge in [0, 0.05) is 23.2 Å². The van der Waals surface area contributed by atoms with Gasteiger partial charge in [0.05, 0.1) is 0 Å². The summed E-state index contributed by atoms with van der Waals surface area (Å²) >= 11 is 0. The van der Waals surface area contributed by atoms with Gasteiger partial charge in [-0.15, -0.1) is 0 Å². The van der Waals surface area contributed by atoms with Crippen molar-refractivity contribution in [1.82, 2.24) is 0 Å². The first-order valence-electron chi connectivity index (χ1n) is 5.87. The molecule has 0 aromatic rings. The van der Waals surface area contributed by atoms with Crippen LogP contribution in [0.15, 0.2) is 22.3 Å². The number of rotatable bonds is 0. The first-order chi connectivity index (χ1) is 7.06. The SMILES string of the molecule is CC(C)(C)C1=NC=CC(C)(C(C)(C)C)C=N1. The van der Waals surface area contributed by atoms with Crippen molar-refractivity contribution >= 4 is 12.1 Å². The van der Waals surface area contributed by atoms with Crippen LogP contribution in [0.25, 0.3) is 0 Å². The normalized spacial score (nSPS) is 26.6. The smallest absolute Gasteiger partial charge is 0.133 e. The van der Waals surface area contributed by atoms with Crippen LogP contribution in [0, 0.1) is 16.2 Å². The van der Waals surface area contributed by atoms with Crippen molar-refractivity contribution < 1.29 is 0 Å². The average Bonchev–Trinajstić information content (AvgIpc) is 2.25. The molecule has 1 heterocycles. The summed E-state index contributed by atoms with van der Waals surface area (Å²) in [5.41, 5.74) is 0.114. The summed E-state index contributed by atoms with van der Waals surface area (Å²) in [5, 5.41) is 0. The van der Waals surface area contributed by atoms with Gasteiger partial charge in [-0.3, -0.25) is 0 Å². The maximum absolute atomic E-state index is 4.58. The van der Waals surface area contributed by atoms with Crippen LogP contribution < -0.4 is 0 Å². The van der Waals surface area contributed by atoms with Crippen molar-refractivity contribution in [3.8, 4) is 0 Å². The van der Waals surface area contributed by atoms with Gasteiger partial charge in [0.15, 0.2) is 0 Å². The van der Waals surface area contributed by atoms with E-state index in [-0.39, 0.29) is 16.2 Å². The zero-order valence-corrected chi connectivity index (χ0v) is 11.6. The first kappa shape index (κ1) is 13.1. The van der Waals surface area contributed by atoms with E-state index in [1.54, 1.807) is 0 Å². The number of amidine groups is 1. The summed E-state index contributed by atoms with van der Waals surface area (Å²) in [6, 6.07) is 0. The quantitative estimate of drug-likeness (QED) is 0.587. The molecule has 0 fully saturated rings. The Morgan fingerprint density at radius 2 is 1.62 bits per heavy atom. The zero-order valence-electron chi connectivity index (χ0n) is 11.6. The second-order valence-corrected chi connectivity index (χ2v) is 6.81. The lowest BCUT2D eigenvalue weighted by molar-refractivity contribution is 0.257. The Morgan fingerprint density at radius 1 is 1.06 bits per heavy atom. The Morgan fingerprint density at radius 3 is 2.06 bits per heavy atom. The molecule has 0 radical (unpaired) electrons. The topological polar surface area (TPSA) is 24.7 Å². The lowest BCUT2D eigenvalue weighted by atomic mass is 9.69. The third-order valence-corrected chi connectivity index (χ3v) is 3.36. The van der Waals surface area contributed by atoms with Crippen molar-refractivity contribution in [2.45, 2.75) is 48.5 Å². The maximum atomic E-state index is 4.58. The third kappa shape index (κ3) is 2.60. The third-order valence-electron chi connectivity index (χ3n) is 3.36. The Balaban J connectivity index is 3.08. The fourth-order valence-corrected chi connectivity index (χ4v) is 1.37. The fourth-order valence-electron chi connectivity index (χ4n) is 1.37. The maximum Gasteiger partial charge on any atom is 0.133 e. The van der Waals surface area contributed by atoms with Crippen molar-refractivity contribution in [2.75, 3.05) is 0 Å².